The molecule has 0 unspecified atom stereocenters. The van der Waals surface area contributed by atoms with Gasteiger partial charge in [-0.15, -0.1) is 0 Å². The maximum Gasteiger partial charge on any atom is 0.220 e. The number of aryl methyl sites for hydroxylation is 1. The van der Waals surface area contributed by atoms with Gasteiger partial charge in [-0.2, -0.15) is 0 Å². The van der Waals surface area contributed by atoms with Gasteiger partial charge >= 0.3 is 0 Å². The van der Waals surface area contributed by atoms with E-state index in [9.17, 15) is 4.79 Å². The average Bonchev–Trinajstić information content (AvgIpc) is 2.47. The standard InChI is InChI=1S/C14H19NO/c1-2-3-8-13-12-7-5-4-6-11(12)9-10-14(16)15-13/h4-7,13H,2-3,8-10H2,1H3,(H,15,16)/t13-/m1/s1. The highest BCUT2D eigenvalue weighted by Gasteiger charge is 2.20. The Balaban J connectivity index is 2.24. The van der Waals surface area contributed by atoms with Crippen LogP contribution < -0.4 is 5.32 Å². The van der Waals surface area contributed by atoms with Gasteiger partial charge in [0, 0.05) is 6.42 Å². The lowest BCUT2D eigenvalue weighted by atomic mass is 9.96. The zero-order chi connectivity index (χ0) is 11.4. The van der Waals surface area contributed by atoms with Crippen molar-refractivity contribution in [2.45, 2.75) is 45.1 Å². The highest BCUT2D eigenvalue weighted by Crippen LogP contribution is 2.26. The number of carbonyl (C=O) groups is 1. The molecule has 0 aliphatic carbocycles. The molecule has 0 spiro atoms. The van der Waals surface area contributed by atoms with E-state index in [0.29, 0.717) is 6.42 Å². The molecule has 1 atom stereocenters. The van der Waals surface area contributed by atoms with Crippen LogP contribution in [0.3, 0.4) is 0 Å². The van der Waals surface area contributed by atoms with Crippen LogP contribution in [-0.2, 0) is 11.2 Å². The number of benzene rings is 1. The lowest BCUT2D eigenvalue weighted by Gasteiger charge is -2.18. The van der Waals surface area contributed by atoms with Gasteiger partial charge in [-0.25, -0.2) is 0 Å². The first-order valence-electron chi connectivity index (χ1n) is 6.18. The zero-order valence-corrected chi connectivity index (χ0v) is 9.83. The first kappa shape index (κ1) is 11.2. The van der Waals surface area contributed by atoms with Crippen molar-refractivity contribution in [3.05, 3.63) is 35.4 Å². The molecule has 0 aromatic heterocycles. The molecule has 1 aliphatic heterocycles. The lowest BCUT2D eigenvalue weighted by Crippen LogP contribution is -2.26. The van der Waals surface area contributed by atoms with Crippen LogP contribution in [0.1, 0.15) is 49.8 Å². The minimum Gasteiger partial charge on any atom is -0.349 e. The van der Waals surface area contributed by atoms with Gasteiger partial charge in [0.15, 0.2) is 0 Å². The van der Waals surface area contributed by atoms with Gasteiger partial charge < -0.3 is 5.32 Å². The van der Waals surface area contributed by atoms with Crippen molar-refractivity contribution in [1.82, 2.24) is 5.32 Å². The Morgan fingerprint density at radius 1 is 1.31 bits per heavy atom. The molecule has 1 aromatic rings. The molecule has 2 rings (SSSR count). The van der Waals surface area contributed by atoms with Crippen molar-refractivity contribution >= 4 is 5.91 Å². The van der Waals surface area contributed by atoms with Crippen molar-refractivity contribution in [3.63, 3.8) is 0 Å². The molecule has 0 radical (unpaired) electrons. The van der Waals surface area contributed by atoms with Gasteiger partial charge in [0.25, 0.3) is 0 Å². The summed E-state index contributed by atoms with van der Waals surface area (Å²) in [6, 6.07) is 8.66. The molecule has 1 heterocycles. The van der Waals surface area contributed by atoms with E-state index in [2.05, 4.69) is 36.5 Å². The topological polar surface area (TPSA) is 29.1 Å². The van der Waals surface area contributed by atoms with Crippen molar-refractivity contribution in [2.75, 3.05) is 0 Å². The quantitative estimate of drug-likeness (QED) is 0.828. The number of unbranched alkanes of at least 4 members (excludes halogenated alkanes) is 1. The summed E-state index contributed by atoms with van der Waals surface area (Å²) < 4.78 is 0. The maximum absolute atomic E-state index is 11.6. The van der Waals surface area contributed by atoms with Crippen LogP contribution in [0.4, 0.5) is 0 Å². The average molecular weight is 217 g/mol. The van der Waals surface area contributed by atoms with E-state index in [0.717, 1.165) is 12.8 Å². The Morgan fingerprint density at radius 3 is 2.94 bits per heavy atom. The minimum atomic E-state index is 0.192. The number of hydrogen-bond donors (Lipinski definition) is 1. The Bertz CT molecular complexity index is 373. The van der Waals surface area contributed by atoms with Crippen molar-refractivity contribution in [3.8, 4) is 0 Å². The van der Waals surface area contributed by atoms with Crippen LogP contribution in [0.2, 0.25) is 0 Å². The summed E-state index contributed by atoms with van der Waals surface area (Å²) >= 11 is 0. The lowest BCUT2D eigenvalue weighted by molar-refractivity contribution is -0.121. The molecule has 1 aliphatic rings. The van der Waals surface area contributed by atoms with Crippen molar-refractivity contribution in [2.24, 2.45) is 0 Å². The summed E-state index contributed by atoms with van der Waals surface area (Å²) in [5, 5.41) is 3.13. The summed E-state index contributed by atoms with van der Waals surface area (Å²) in [7, 11) is 0. The summed E-state index contributed by atoms with van der Waals surface area (Å²) in [6.45, 7) is 2.18. The van der Waals surface area contributed by atoms with Gasteiger partial charge in [0.2, 0.25) is 5.91 Å². The molecular formula is C14H19NO. The largest absolute Gasteiger partial charge is 0.349 e. The Morgan fingerprint density at radius 2 is 2.12 bits per heavy atom. The van der Waals surface area contributed by atoms with E-state index in [-0.39, 0.29) is 11.9 Å². The first-order chi connectivity index (χ1) is 7.81. The molecule has 1 aromatic carbocycles. The second kappa shape index (κ2) is 5.15. The molecule has 2 heteroatoms. The number of carbonyl (C=O) groups excluding carboxylic acids is 1. The molecule has 16 heavy (non-hydrogen) atoms. The fraction of sp³-hybridized carbons (Fsp3) is 0.500. The molecule has 2 nitrogen and oxygen atoms in total. The Kier molecular flexibility index (Phi) is 3.60. The summed E-state index contributed by atoms with van der Waals surface area (Å²) in [4.78, 5) is 11.6. The highest BCUT2D eigenvalue weighted by atomic mass is 16.1. The summed E-state index contributed by atoms with van der Waals surface area (Å²) in [5.41, 5.74) is 2.66. The van der Waals surface area contributed by atoms with Crippen LogP contribution in [-0.4, -0.2) is 5.91 Å². The van der Waals surface area contributed by atoms with Crippen molar-refractivity contribution in [1.29, 1.82) is 0 Å². The number of rotatable bonds is 3. The third-order valence-electron chi connectivity index (χ3n) is 3.23. The number of fused-ring (bicyclic) bond motifs is 1. The molecule has 1 amide bonds. The Hall–Kier alpha value is -1.31. The molecule has 0 bridgehead atoms. The highest BCUT2D eigenvalue weighted by molar-refractivity contribution is 5.77. The van der Waals surface area contributed by atoms with E-state index < -0.39 is 0 Å². The third-order valence-corrected chi connectivity index (χ3v) is 3.23. The normalized spacial score (nSPS) is 19.8. The number of hydrogen-bond acceptors (Lipinski definition) is 1. The fourth-order valence-corrected chi connectivity index (χ4v) is 2.33. The first-order valence-corrected chi connectivity index (χ1v) is 6.18. The molecular weight excluding hydrogens is 198 g/mol. The van der Waals surface area contributed by atoms with E-state index in [1.165, 1.54) is 24.0 Å². The van der Waals surface area contributed by atoms with Gasteiger partial charge in [-0.3, -0.25) is 4.79 Å². The molecule has 86 valence electrons. The second-order valence-corrected chi connectivity index (χ2v) is 4.46. The molecule has 0 saturated heterocycles. The van der Waals surface area contributed by atoms with Gasteiger partial charge in [-0.1, -0.05) is 44.0 Å². The second-order valence-electron chi connectivity index (χ2n) is 4.46. The predicted octanol–water partition coefficient (Wildman–Crippen LogP) is 2.98. The number of amides is 1. The maximum atomic E-state index is 11.6. The fourth-order valence-electron chi connectivity index (χ4n) is 2.33. The molecule has 1 N–H and O–H groups in total. The van der Waals surface area contributed by atoms with E-state index >= 15 is 0 Å². The van der Waals surface area contributed by atoms with Crippen LogP contribution >= 0.6 is 0 Å². The Labute approximate surface area is 97.1 Å². The van der Waals surface area contributed by atoms with Crippen LogP contribution in [0, 0.1) is 0 Å². The van der Waals surface area contributed by atoms with Gasteiger partial charge in [-0.05, 0) is 24.0 Å². The van der Waals surface area contributed by atoms with E-state index in [1.807, 2.05) is 0 Å². The zero-order valence-electron chi connectivity index (χ0n) is 9.83. The third kappa shape index (κ3) is 2.43. The molecule has 0 fully saturated rings. The van der Waals surface area contributed by atoms with Crippen LogP contribution in [0.25, 0.3) is 0 Å². The van der Waals surface area contributed by atoms with E-state index in [1.54, 1.807) is 0 Å². The molecule has 0 saturated carbocycles. The smallest absolute Gasteiger partial charge is 0.220 e. The van der Waals surface area contributed by atoms with E-state index in [4.69, 9.17) is 0 Å². The predicted molar refractivity (Wildman–Crippen MR) is 65.2 cm³/mol. The monoisotopic (exact) mass is 217 g/mol. The summed E-state index contributed by atoms with van der Waals surface area (Å²) in [5.74, 6) is 0.192. The minimum absolute atomic E-state index is 0.192. The number of nitrogens with one attached hydrogen (secondary N) is 1. The van der Waals surface area contributed by atoms with Gasteiger partial charge in [0.1, 0.15) is 0 Å². The summed E-state index contributed by atoms with van der Waals surface area (Å²) in [6.07, 6.45) is 4.90. The SMILES string of the molecule is CCCC[C@H]1NC(=O)CCc2ccccc21. The van der Waals surface area contributed by atoms with Crippen LogP contribution in [0.15, 0.2) is 24.3 Å². The van der Waals surface area contributed by atoms with Crippen LogP contribution in [0.5, 0.6) is 0 Å². The van der Waals surface area contributed by atoms with Crippen molar-refractivity contribution < 1.29 is 4.79 Å². The van der Waals surface area contributed by atoms with Gasteiger partial charge in [0.05, 0.1) is 6.04 Å².